The predicted molar refractivity (Wildman–Crippen MR) is 49.9 cm³/mol. The maximum atomic E-state index is 10.7. The summed E-state index contributed by atoms with van der Waals surface area (Å²) < 4.78 is 25.4. The van der Waals surface area contributed by atoms with Crippen LogP contribution in [0.5, 0.6) is 0 Å². The third kappa shape index (κ3) is 9.23. The average Bonchev–Trinajstić information content (AvgIpc) is 2.01. The molecule has 13 heavy (non-hydrogen) atoms. The van der Waals surface area contributed by atoms with E-state index in [9.17, 15) is 13.2 Å². The summed E-state index contributed by atoms with van der Waals surface area (Å²) in [4.78, 5) is 10.7. The number of hydrogen-bond donors (Lipinski definition) is 0. The molecule has 0 rings (SSSR count). The smallest absolute Gasteiger partial charge is 0.264 e. The van der Waals surface area contributed by atoms with Gasteiger partial charge in [0.15, 0.2) is 5.78 Å². The van der Waals surface area contributed by atoms with Crippen molar-refractivity contribution in [3.8, 4) is 0 Å². The van der Waals surface area contributed by atoms with E-state index in [1.807, 2.05) is 0 Å². The molecule has 0 amide bonds. The SMILES string of the molecule is C=CC(=O)CCCCOS(C)(=O)=O. The van der Waals surface area contributed by atoms with Crippen LogP contribution in [0, 0.1) is 0 Å². The molecule has 0 aromatic rings. The van der Waals surface area contributed by atoms with Gasteiger partial charge in [0, 0.05) is 6.42 Å². The van der Waals surface area contributed by atoms with Gasteiger partial charge in [0.25, 0.3) is 10.1 Å². The molecule has 0 aliphatic carbocycles. The van der Waals surface area contributed by atoms with Gasteiger partial charge in [0.2, 0.25) is 0 Å². The monoisotopic (exact) mass is 206 g/mol. The molecule has 0 N–H and O–H groups in total. The molecule has 0 atom stereocenters. The highest BCUT2D eigenvalue weighted by Gasteiger charge is 2.01. The summed E-state index contributed by atoms with van der Waals surface area (Å²) in [6, 6.07) is 0. The molecule has 0 radical (unpaired) electrons. The summed E-state index contributed by atoms with van der Waals surface area (Å²) in [7, 11) is -3.34. The van der Waals surface area contributed by atoms with Crippen molar-refractivity contribution in [1.82, 2.24) is 0 Å². The van der Waals surface area contributed by atoms with Crippen molar-refractivity contribution in [3.05, 3.63) is 12.7 Å². The predicted octanol–water partition coefficient (Wildman–Crippen LogP) is 0.888. The first-order chi connectivity index (χ1) is 5.95. The van der Waals surface area contributed by atoms with Crippen LogP contribution in [0.15, 0.2) is 12.7 Å². The Balaban J connectivity index is 3.38. The Hall–Kier alpha value is -0.680. The van der Waals surface area contributed by atoms with Crippen LogP contribution in [-0.4, -0.2) is 27.1 Å². The Bertz CT molecular complexity index is 266. The Morgan fingerprint density at radius 1 is 1.46 bits per heavy atom. The van der Waals surface area contributed by atoms with Crippen molar-refractivity contribution < 1.29 is 17.4 Å². The Kier molecular flexibility index (Phi) is 5.57. The zero-order chi connectivity index (χ0) is 10.3. The third-order valence-electron chi connectivity index (χ3n) is 1.34. The van der Waals surface area contributed by atoms with Gasteiger partial charge in [-0.1, -0.05) is 6.58 Å². The highest BCUT2D eigenvalue weighted by atomic mass is 32.2. The largest absolute Gasteiger partial charge is 0.295 e. The molecule has 0 aromatic carbocycles. The number of carbonyl (C=O) groups is 1. The molecule has 0 bridgehead atoms. The summed E-state index contributed by atoms with van der Waals surface area (Å²) in [5.41, 5.74) is 0. The second-order valence-electron chi connectivity index (χ2n) is 2.65. The van der Waals surface area contributed by atoms with Gasteiger partial charge in [-0.05, 0) is 18.9 Å². The molecule has 0 heterocycles. The van der Waals surface area contributed by atoms with E-state index < -0.39 is 10.1 Å². The van der Waals surface area contributed by atoms with Crippen LogP contribution >= 0.6 is 0 Å². The number of ketones is 1. The minimum absolute atomic E-state index is 0.0284. The normalized spacial score (nSPS) is 11.2. The highest BCUT2D eigenvalue weighted by Crippen LogP contribution is 1.99. The second-order valence-corrected chi connectivity index (χ2v) is 4.30. The van der Waals surface area contributed by atoms with Crippen molar-refractivity contribution in [2.75, 3.05) is 12.9 Å². The summed E-state index contributed by atoms with van der Waals surface area (Å²) in [5, 5.41) is 0. The van der Waals surface area contributed by atoms with Crippen LogP contribution < -0.4 is 0 Å². The number of carbonyl (C=O) groups excluding carboxylic acids is 1. The lowest BCUT2D eigenvalue weighted by Gasteiger charge is -1.99. The van der Waals surface area contributed by atoms with E-state index in [1.54, 1.807) is 0 Å². The van der Waals surface area contributed by atoms with Gasteiger partial charge in [0.05, 0.1) is 12.9 Å². The molecule has 0 aliphatic rings. The van der Waals surface area contributed by atoms with Gasteiger partial charge in [-0.3, -0.25) is 8.98 Å². The highest BCUT2D eigenvalue weighted by molar-refractivity contribution is 7.85. The summed E-state index contributed by atoms with van der Waals surface area (Å²) in [6.07, 6.45) is 3.85. The first-order valence-corrected chi connectivity index (χ1v) is 5.77. The topological polar surface area (TPSA) is 60.4 Å². The lowest BCUT2D eigenvalue weighted by molar-refractivity contribution is -0.114. The molecule has 0 aliphatic heterocycles. The molecule has 0 fully saturated rings. The third-order valence-corrected chi connectivity index (χ3v) is 1.94. The van der Waals surface area contributed by atoms with Gasteiger partial charge in [-0.25, -0.2) is 0 Å². The number of unbranched alkanes of at least 4 members (excludes halogenated alkanes) is 1. The van der Waals surface area contributed by atoms with Gasteiger partial charge < -0.3 is 0 Å². The van der Waals surface area contributed by atoms with E-state index >= 15 is 0 Å². The van der Waals surface area contributed by atoms with Gasteiger partial charge >= 0.3 is 0 Å². The fourth-order valence-corrected chi connectivity index (χ4v) is 1.13. The fraction of sp³-hybridized carbons (Fsp3) is 0.625. The van der Waals surface area contributed by atoms with Crippen molar-refractivity contribution >= 4 is 15.9 Å². The maximum absolute atomic E-state index is 10.7. The van der Waals surface area contributed by atoms with Crippen molar-refractivity contribution in [1.29, 1.82) is 0 Å². The molecule has 4 nitrogen and oxygen atoms in total. The molecular weight excluding hydrogens is 192 g/mol. The van der Waals surface area contributed by atoms with Crippen LogP contribution in [0.4, 0.5) is 0 Å². The van der Waals surface area contributed by atoms with Gasteiger partial charge in [-0.15, -0.1) is 0 Å². The molecule has 76 valence electrons. The zero-order valence-corrected chi connectivity index (χ0v) is 8.47. The zero-order valence-electron chi connectivity index (χ0n) is 7.65. The Morgan fingerprint density at radius 3 is 2.54 bits per heavy atom. The lowest BCUT2D eigenvalue weighted by Crippen LogP contribution is -2.04. The summed E-state index contributed by atoms with van der Waals surface area (Å²) >= 11 is 0. The minimum atomic E-state index is -3.34. The van der Waals surface area contributed by atoms with Crippen LogP contribution in [0.1, 0.15) is 19.3 Å². The molecule has 0 spiro atoms. The van der Waals surface area contributed by atoms with E-state index in [-0.39, 0.29) is 12.4 Å². The number of hydrogen-bond acceptors (Lipinski definition) is 4. The molecule has 0 aromatic heterocycles. The van der Waals surface area contributed by atoms with Crippen molar-refractivity contribution in [2.24, 2.45) is 0 Å². The van der Waals surface area contributed by atoms with Crippen LogP contribution in [0.25, 0.3) is 0 Å². The van der Waals surface area contributed by atoms with Crippen LogP contribution in [0.2, 0.25) is 0 Å². The quantitative estimate of drug-likeness (QED) is 0.352. The summed E-state index contributed by atoms with van der Waals surface area (Å²) in [5.74, 6) is -0.0284. The van der Waals surface area contributed by atoms with Gasteiger partial charge in [-0.2, -0.15) is 8.42 Å². The fourth-order valence-electron chi connectivity index (χ4n) is 0.714. The average molecular weight is 206 g/mol. The molecule has 0 saturated heterocycles. The van der Waals surface area contributed by atoms with Crippen molar-refractivity contribution in [2.45, 2.75) is 19.3 Å². The van der Waals surface area contributed by atoms with E-state index in [0.29, 0.717) is 19.3 Å². The molecular formula is C8H14O4S. The first kappa shape index (κ1) is 12.3. The number of allylic oxidation sites excluding steroid dienone is 1. The van der Waals surface area contributed by atoms with Gasteiger partial charge in [0.1, 0.15) is 0 Å². The lowest BCUT2D eigenvalue weighted by atomic mass is 10.2. The van der Waals surface area contributed by atoms with E-state index in [2.05, 4.69) is 10.8 Å². The Labute approximate surface area is 78.7 Å². The second kappa shape index (κ2) is 5.88. The Morgan fingerprint density at radius 2 is 2.08 bits per heavy atom. The first-order valence-electron chi connectivity index (χ1n) is 3.95. The molecule has 0 unspecified atom stereocenters. The van der Waals surface area contributed by atoms with E-state index in [1.165, 1.54) is 6.08 Å². The minimum Gasteiger partial charge on any atom is -0.295 e. The maximum Gasteiger partial charge on any atom is 0.264 e. The van der Waals surface area contributed by atoms with E-state index in [4.69, 9.17) is 0 Å². The van der Waals surface area contributed by atoms with Crippen LogP contribution in [0.3, 0.4) is 0 Å². The van der Waals surface area contributed by atoms with Crippen LogP contribution in [-0.2, 0) is 19.1 Å². The summed E-state index contributed by atoms with van der Waals surface area (Å²) in [6.45, 7) is 3.46. The van der Waals surface area contributed by atoms with Crippen molar-refractivity contribution in [3.63, 3.8) is 0 Å². The molecule has 5 heteroatoms. The number of rotatable bonds is 7. The molecule has 0 saturated carbocycles. The van der Waals surface area contributed by atoms with E-state index in [0.717, 1.165) is 6.26 Å². The standard InChI is InChI=1S/C8H14O4S/c1-3-8(9)6-4-5-7-12-13(2,10)11/h3H,1,4-7H2,2H3.